The van der Waals surface area contributed by atoms with Crippen LogP contribution in [0.3, 0.4) is 0 Å². The SMILES string of the molecule is CC(C)N(Cc1c(O)ccc2cc(Br)ccc12)Cc1c(O)ccc2cc(Br)ccc12.[C-]#[N+]c1ccc2c(CN(Cc3c(O)ccc4cc([N+]#[C-])ccc34)C(C)C)c(O)ccc2c1. The van der Waals surface area contributed by atoms with Crippen LogP contribution in [0.5, 0.6) is 23.0 Å². The Labute approximate surface area is 378 Å². The maximum absolute atomic E-state index is 10.7. The molecular weight excluding hydrogens is 904 g/mol. The third-order valence-electron chi connectivity index (χ3n) is 11.5. The van der Waals surface area contributed by atoms with Crippen LogP contribution >= 0.6 is 31.9 Å². The van der Waals surface area contributed by atoms with Crippen LogP contribution in [0.1, 0.15) is 49.9 Å². The summed E-state index contributed by atoms with van der Waals surface area (Å²) < 4.78 is 2.03. The molecule has 0 saturated carbocycles. The Hall–Kier alpha value is -6.14. The molecular formula is C52H46Br2N4O4. The summed E-state index contributed by atoms with van der Waals surface area (Å²) in [6, 6.07) is 37.9. The number of phenols is 4. The summed E-state index contributed by atoms with van der Waals surface area (Å²) in [7, 11) is 0. The third-order valence-corrected chi connectivity index (χ3v) is 12.5. The van der Waals surface area contributed by atoms with Crippen molar-refractivity contribution >= 4 is 86.3 Å². The van der Waals surface area contributed by atoms with Gasteiger partial charge in [0.15, 0.2) is 11.4 Å². The lowest BCUT2D eigenvalue weighted by molar-refractivity contribution is 0.201. The molecule has 0 bridgehead atoms. The van der Waals surface area contributed by atoms with E-state index in [2.05, 4.69) is 91.2 Å². The van der Waals surface area contributed by atoms with E-state index >= 15 is 0 Å². The van der Waals surface area contributed by atoms with Gasteiger partial charge in [-0.1, -0.05) is 92.5 Å². The number of fused-ring (bicyclic) bond motifs is 4. The molecule has 10 heteroatoms. The summed E-state index contributed by atoms with van der Waals surface area (Å²) in [6.45, 7) is 25.1. The molecule has 8 aromatic rings. The van der Waals surface area contributed by atoms with Crippen molar-refractivity contribution in [2.24, 2.45) is 0 Å². The summed E-state index contributed by atoms with van der Waals surface area (Å²) in [6.07, 6.45) is 0. The van der Waals surface area contributed by atoms with Crippen LogP contribution in [0.4, 0.5) is 11.4 Å². The van der Waals surface area contributed by atoms with Gasteiger partial charge in [-0.3, -0.25) is 9.80 Å². The molecule has 0 spiro atoms. The fraction of sp³-hybridized carbons (Fsp3) is 0.192. The lowest BCUT2D eigenvalue weighted by atomic mass is 9.99. The molecule has 0 saturated heterocycles. The molecule has 8 nitrogen and oxygen atoms in total. The minimum atomic E-state index is 0.143. The van der Waals surface area contributed by atoms with E-state index in [-0.39, 0.29) is 23.6 Å². The number of benzene rings is 8. The molecule has 312 valence electrons. The van der Waals surface area contributed by atoms with E-state index in [0.717, 1.165) is 74.3 Å². The molecule has 8 rings (SSSR count). The lowest BCUT2D eigenvalue weighted by Gasteiger charge is -2.28. The van der Waals surface area contributed by atoms with Crippen molar-refractivity contribution in [2.45, 2.75) is 66.0 Å². The highest BCUT2D eigenvalue weighted by atomic mass is 79.9. The van der Waals surface area contributed by atoms with Crippen molar-refractivity contribution in [3.05, 3.63) is 175 Å². The van der Waals surface area contributed by atoms with Crippen molar-refractivity contribution in [3.63, 3.8) is 0 Å². The Morgan fingerprint density at radius 1 is 0.419 bits per heavy atom. The van der Waals surface area contributed by atoms with Gasteiger partial charge in [-0.25, -0.2) is 9.69 Å². The van der Waals surface area contributed by atoms with E-state index < -0.39 is 0 Å². The van der Waals surface area contributed by atoms with Gasteiger partial charge in [-0.05, 0) is 131 Å². The Balaban J connectivity index is 0.000000187. The summed E-state index contributed by atoms with van der Waals surface area (Å²) in [5.41, 5.74) is 4.52. The molecule has 4 N–H and O–H groups in total. The number of phenolic OH excluding ortho intramolecular Hbond substituents is 4. The number of hydrogen-bond donors (Lipinski definition) is 4. The molecule has 0 radical (unpaired) electrons. The molecule has 0 fully saturated rings. The zero-order valence-corrected chi connectivity index (χ0v) is 38.0. The second-order valence-corrected chi connectivity index (χ2v) is 17.8. The van der Waals surface area contributed by atoms with Crippen LogP contribution in [0.25, 0.3) is 52.8 Å². The van der Waals surface area contributed by atoms with Crippen molar-refractivity contribution in [1.29, 1.82) is 0 Å². The first-order valence-corrected chi connectivity index (χ1v) is 21.9. The zero-order valence-electron chi connectivity index (χ0n) is 34.9. The largest absolute Gasteiger partial charge is 0.508 e. The molecule has 0 unspecified atom stereocenters. The van der Waals surface area contributed by atoms with Gasteiger partial charge in [0.2, 0.25) is 0 Å². The van der Waals surface area contributed by atoms with Gasteiger partial charge in [0.05, 0.1) is 13.1 Å². The number of aromatic hydroxyl groups is 4. The fourth-order valence-corrected chi connectivity index (χ4v) is 8.66. The molecule has 0 aliphatic carbocycles. The highest BCUT2D eigenvalue weighted by Gasteiger charge is 2.21. The summed E-state index contributed by atoms with van der Waals surface area (Å²) in [5.74, 6) is 1.01. The van der Waals surface area contributed by atoms with Crippen LogP contribution < -0.4 is 0 Å². The van der Waals surface area contributed by atoms with Crippen molar-refractivity contribution in [1.82, 2.24) is 9.80 Å². The average molecular weight is 951 g/mol. The summed E-state index contributed by atoms with van der Waals surface area (Å²) in [4.78, 5) is 11.5. The maximum atomic E-state index is 10.7. The van der Waals surface area contributed by atoms with Crippen molar-refractivity contribution < 1.29 is 20.4 Å². The first-order chi connectivity index (χ1) is 29.7. The highest BCUT2D eigenvalue weighted by Crippen LogP contribution is 2.37. The monoisotopic (exact) mass is 948 g/mol. The third kappa shape index (κ3) is 9.50. The van der Waals surface area contributed by atoms with Gasteiger partial charge < -0.3 is 20.4 Å². The Bertz CT molecular complexity index is 2860. The van der Waals surface area contributed by atoms with Gasteiger partial charge in [0.1, 0.15) is 23.0 Å². The van der Waals surface area contributed by atoms with Gasteiger partial charge in [0.25, 0.3) is 0 Å². The van der Waals surface area contributed by atoms with Crippen LogP contribution in [0, 0.1) is 13.1 Å². The van der Waals surface area contributed by atoms with E-state index in [1.165, 1.54) is 0 Å². The van der Waals surface area contributed by atoms with Crippen LogP contribution in [0.15, 0.2) is 130 Å². The molecule has 0 atom stereocenters. The van der Waals surface area contributed by atoms with E-state index in [0.29, 0.717) is 49.1 Å². The van der Waals surface area contributed by atoms with E-state index in [4.69, 9.17) is 13.1 Å². The van der Waals surface area contributed by atoms with Crippen LogP contribution in [-0.4, -0.2) is 42.3 Å². The van der Waals surface area contributed by atoms with Gasteiger partial charge in [0, 0.05) is 69.5 Å². The zero-order chi connectivity index (χ0) is 44.2. The first-order valence-electron chi connectivity index (χ1n) is 20.3. The number of rotatable bonds is 10. The molecule has 0 aliphatic heterocycles. The topological polar surface area (TPSA) is 96.1 Å². The van der Waals surface area contributed by atoms with Gasteiger partial charge >= 0.3 is 0 Å². The smallest absolute Gasteiger partial charge is 0.187 e. The van der Waals surface area contributed by atoms with E-state index in [1.807, 2.05) is 72.8 Å². The highest BCUT2D eigenvalue weighted by molar-refractivity contribution is 9.10. The van der Waals surface area contributed by atoms with E-state index in [1.54, 1.807) is 36.4 Å². The molecule has 0 amide bonds. The van der Waals surface area contributed by atoms with Gasteiger partial charge in [-0.2, -0.15) is 0 Å². The van der Waals surface area contributed by atoms with Crippen molar-refractivity contribution in [3.8, 4) is 23.0 Å². The standard InChI is InChI=1S/C27H23N3O2.C25H23Br2NO2/c1-17(2)30(15-24-22-9-7-20(28-3)13-18(22)5-11-26(24)31)16-25-23-10-8-21(29-4)14-19(23)6-12-27(25)32;1-15(2)28(13-22-20-7-5-18(26)11-16(20)3-9-24(22)29)14-23-21-8-6-19(27)12-17(21)4-10-25(23)30/h5-14,17,31-32H,15-16H2,1-2H3;3-12,15,29-30H,13-14H2,1-2H3. The van der Waals surface area contributed by atoms with Crippen LogP contribution in [-0.2, 0) is 26.2 Å². The Kier molecular flexibility index (Phi) is 13.4. The second-order valence-electron chi connectivity index (χ2n) is 16.0. The quantitative estimate of drug-likeness (QED) is 0.102. The molecule has 0 aliphatic rings. The predicted octanol–water partition coefficient (Wildman–Crippen LogP) is 14.3. The number of nitrogens with zero attached hydrogens (tertiary/aromatic N) is 4. The molecule has 8 aromatic carbocycles. The fourth-order valence-electron chi connectivity index (χ4n) is 7.91. The Morgan fingerprint density at radius 2 is 0.694 bits per heavy atom. The normalized spacial score (nSPS) is 11.5. The minimum absolute atomic E-state index is 0.143. The second kappa shape index (κ2) is 18.9. The summed E-state index contributed by atoms with van der Waals surface area (Å²) in [5, 5.41) is 50.5. The number of hydrogen-bond acceptors (Lipinski definition) is 6. The molecule has 62 heavy (non-hydrogen) atoms. The predicted molar refractivity (Wildman–Crippen MR) is 259 cm³/mol. The lowest BCUT2D eigenvalue weighted by Crippen LogP contribution is -2.30. The van der Waals surface area contributed by atoms with Crippen LogP contribution in [0.2, 0.25) is 0 Å². The average Bonchev–Trinajstić information content (AvgIpc) is 3.26. The molecule has 0 heterocycles. The van der Waals surface area contributed by atoms with Crippen molar-refractivity contribution in [2.75, 3.05) is 0 Å². The van der Waals surface area contributed by atoms with E-state index in [9.17, 15) is 20.4 Å². The maximum Gasteiger partial charge on any atom is 0.187 e. The molecule has 0 aromatic heterocycles. The summed E-state index contributed by atoms with van der Waals surface area (Å²) >= 11 is 7.05. The first kappa shape index (κ1) is 43.9. The minimum Gasteiger partial charge on any atom is -0.508 e. The number of halogens is 2. The Morgan fingerprint density at radius 3 is 0.968 bits per heavy atom. The van der Waals surface area contributed by atoms with Gasteiger partial charge in [-0.15, -0.1) is 0 Å².